The quantitative estimate of drug-likeness (QED) is 0.591. The minimum Gasteiger partial charge on any atom is -0.296 e. The van der Waals surface area contributed by atoms with Gasteiger partial charge >= 0.3 is 0 Å². The maximum atomic E-state index is 12.6. The monoisotopic (exact) mass is 402 g/mol. The SMILES string of the molecule is CCC(NS(=O)(=O)c1nnc(NC(=O)c2ccccc2)s1)c1ccccc1. The molecule has 2 N–H and O–H groups in total. The van der Waals surface area contributed by atoms with Crippen molar-refractivity contribution < 1.29 is 13.2 Å². The molecule has 3 rings (SSSR count). The van der Waals surface area contributed by atoms with E-state index in [1.807, 2.05) is 37.3 Å². The van der Waals surface area contributed by atoms with E-state index < -0.39 is 10.0 Å². The highest BCUT2D eigenvalue weighted by Gasteiger charge is 2.25. The van der Waals surface area contributed by atoms with Crippen LogP contribution in [-0.2, 0) is 10.0 Å². The van der Waals surface area contributed by atoms with E-state index in [0.717, 1.165) is 16.9 Å². The average Bonchev–Trinajstić information content (AvgIpc) is 3.17. The predicted octanol–water partition coefficient (Wildman–Crippen LogP) is 3.22. The van der Waals surface area contributed by atoms with Crippen LogP contribution in [0.3, 0.4) is 0 Å². The summed E-state index contributed by atoms with van der Waals surface area (Å²) in [7, 11) is -3.86. The molecule has 27 heavy (non-hydrogen) atoms. The number of sulfonamides is 1. The van der Waals surface area contributed by atoms with Crippen LogP contribution < -0.4 is 10.0 Å². The van der Waals surface area contributed by atoms with E-state index in [-0.39, 0.29) is 21.4 Å². The fourth-order valence-electron chi connectivity index (χ4n) is 2.44. The lowest BCUT2D eigenvalue weighted by molar-refractivity contribution is 0.102. The average molecular weight is 403 g/mol. The van der Waals surface area contributed by atoms with Gasteiger partial charge in [0.05, 0.1) is 0 Å². The lowest BCUT2D eigenvalue weighted by atomic mass is 10.1. The van der Waals surface area contributed by atoms with Crippen molar-refractivity contribution in [1.29, 1.82) is 0 Å². The molecule has 0 fully saturated rings. The van der Waals surface area contributed by atoms with Crippen LogP contribution in [-0.4, -0.2) is 24.5 Å². The molecule has 0 spiro atoms. The molecule has 0 aliphatic carbocycles. The second kappa shape index (κ2) is 8.38. The number of hydrogen-bond acceptors (Lipinski definition) is 6. The number of aromatic nitrogens is 2. The van der Waals surface area contributed by atoms with Gasteiger partial charge in [-0.3, -0.25) is 10.1 Å². The van der Waals surface area contributed by atoms with Crippen molar-refractivity contribution >= 4 is 32.4 Å². The fourth-order valence-corrected chi connectivity index (χ4v) is 4.66. The second-order valence-electron chi connectivity index (χ2n) is 5.69. The summed E-state index contributed by atoms with van der Waals surface area (Å²) >= 11 is 0.806. The first-order chi connectivity index (χ1) is 13.0. The van der Waals surface area contributed by atoms with Crippen LogP contribution in [0.1, 0.15) is 35.3 Å². The standard InChI is InChI=1S/C18H18N4O3S2/c1-2-15(13-9-5-3-6-10-13)22-27(24,25)18-21-20-17(26-18)19-16(23)14-11-7-4-8-12-14/h3-12,15,22H,2H2,1H3,(H,19,20,23). The maximum Gasteiger partial charge on any atom is 0.270 e. The van der Waals surface area contributed by atoms with Gasteiger partial charge in [-0.05, 0) is 24.1 Å². The highest BCUT2D eigenvalue weighted by atomic mass is 32.2. The molecule has 1 aromatic heterocycles. The molecule has 0 bridgehead atoms. The van der Waals surface area contributed by atoms with Crippen molar-refractivity contribution in [2.24, 2.45) is 0 Å². The molecule has 0 saturated carbocycles. The normalized spacial score (nSPS) is 12.5. The Labute approximate surface area is 161 Å². The molecule has 140 valence electrons. The number of rotatable bonds is 7. The summed E-state index contributed by atoms with van der Waals surface area (Å²) in [5.74, 6) is -0.376. The summed E-state index contributed by atoms with van der Waals surface area (Å²) < 4.78 is 27.7. The molecule has 1 heterocycles. The Morgan fingerprint density at radius 2 is 1.67 bits per heavy atom. The molecule has 0 saturated heterocycles. The van der Waals surface area contributed by atoms with E-state index >= 15 is 0 Å². The minimum atomic E-state index is -3.86. The largest absolute Gasteiger partial charge is 0.296 e. The van der Waals surface area contributed by atoms with Crippen molar-refractivity contribution in [3.63, 3.8) is 0 Å². The molecular weight excluding hydrogens is 384 g/mol. The number of amides is 1. The van der Waals surface area contributed by atoms with Gasteiger partial charge in [-0.15, -0.1) is 10.2 Å². The first-order valence-electron chi connectivity index (χ1n) is 8.27. The Morgan fingerprint density at radius 3 is 2.30 bits per heavy atom. The minimum absolute atomic E-state index is 0.122. The highest BCUT2D eigenvalue weighted by Crippen LogP contribution is 2.24. The number of hydrogen-bond donors (Lipinski definition) is 2. The van der Waals surface area contributed by atoms with Gasteiger partial charge in [0, 0.05) is 11.6 Å². The van der Waals surface area contributed by atoms with Crippen LogP contribution in [0.5, 0.6) is 0 Å². The second-order valence-corrected chi connectivity index (χ2v) is 8.55. The summed E-state index contributed by atoms with van der Waals surface area (Å²) in [6, 6.07) is 17.5. The van der Waals surface area contributed by atoms with Crippen LogP contribution in [0.4, 0.5) is 5.13 Å². The van der Waals surface area contributed by atoms with Crippen LogP contribution >= 0.6 is 11.3 Å². The molecular formula is C18H18N4O3S2. The zero-order chi connectivity index (χ0) is 19.3. The highest BCUT2D eigenvalue weighted by molar-refractivity contribution is 7.91. The Bertz CT molecular complexity index is 1010. The molecule has 1 unspecified atom stereocenters. The Balaban J connectivity index is 1.73. The molecule has 1 atom stereocenters. The van der Waals surface area contributed by atoms with Gasteiger partial charge in [0.1, 0.15) is 0 Å². The summed E-state index contributed by atoms with van der Waals surface area (Å²) in [6.45, 7) is 1.89. The van der Waals surface area contributed by atoms with Gasteiger partial charge in [-0.25, -0.2) is 13.1 Å². The molecule has 1 amide bonds. The lowest BCUT2D eigenvalue weighted by Crippen LogP contribution is -2.28. The third-order valence-electron chi connectivity index (χ3n) is 3.80. The van der Waals surface area contributed by atoms with E-state index in [1.165, 1.54) is 0 Å². The van der Waals surface area contributed by atoms with Crippen molar-refractivity contribution in [2.75, 3.05) is 5.32 Å². The number of anilines is 1. The summed E-state index contributed by atoms with van der Waals surface area (Å²) in [6.07, 6.45) is 0.583. The Kier molecular flexibility index (Phi) is 5.94. The molecule has 0 radical (unpaired) electrons. The molecule has 3 aromatic rings. The van der Waals surface area contributed by atoms with Crippen molar-refractivity contribution in [3.05, 3.63) is 71.8 Å². The number of carbonyl (C=O) groups is 1. The van der Waals surface area contributed by atoms with Gasteiger partial charge in [0.15, 0.2) is 0 Å². The number of carbonyl (C=O) groups excluding carboxylic acids is 1. The summed E-state index contributed by atoms with van der Waals surface area (Å²) in [4.78, 5) is 12.1. The van der Waals surface area contributed by atoms with Crippen molar-refractivity contribution in [3.8, 4) is 0 Å². The van der Waals surface area contributed by atoms with Gasteiger partial charge in [-0.2, -0.15) is 0 Å². The fraction of sp³-hybridized carbons (Fsp3) is 0.167. The zero-order valence-electron chi connectivity index (χ0n) is 14.5. The third-order valence-corrected chi connectivity index (χ3v) is 6.48. The summed E-state index contributed by atoms with van der Waals surface area (Å²) in [5, 5.41) is 10.2. The van der Waals surface area contributed by atoms with Crippen LogP contribution in [0.15, 0.2) is 65.0 Å². The van der Waals surface area contributed by atoms with Crippen LogP contribution in [0, 0.1) is 0 Å². The van der Waals surface area contributed by atoms with E-state index in [9.17, 15) is 13.2 Å². The summed E-state index contributed by atoms with van der Waals surface area (Å²) in [5.41, 5.74) is 1.32. The van der Waals surface area contributed by atoms with E-state index in [1.54, 1.807) is 30.3 Å². The van der Waals surface area contributed by atoms with Gasteiger partial charge in [0.25, 0.3) is 15.9 Å². The predicted molar refractivity (Wildman–Crippen MR) is 104 cm³/mol. The zero-order valence-corrected chi connectivity index (χ0v) is 16.1. The molecule has 0 aliphatic heterocycles. The molecule has 2 aromatic carbocycles. The maximum absolute atomic E-state index is 12.6. The third kappa shape index (κ3) is 4.76. The van der Waals surface area contributed by atoms with Gasteiger partial charge in [-0.1, -0.05) is 66.8 Å². The molecule has 7 nitrogen and oxygen atoms in total. The first-order valence-corrected chi connectivity index (χ1v) is 10.6. The molecule has 9 heteroatoms. The topological polar surface area (TPSA) is 101 Å². The van der Waals surface area contributed by atoms with Gasteiger partial charge < -0.3 is 0 Å². The van der Waals surface area contributed by atoms with Crippen molar-refractivity contribution in [2.45, 2.75) is 23.7 Å². The number of nitrogens with zero attached hydrogens (tertiary/aromatic N) is 2. The van der Waals surface area contributed by atoms with Crippen molar-refractivity contribution in [1.82, 2.24) is 14.9 Å². The van der Waals surface area contributed by atoms with Gasteiger partial charge in [0.2, 0.25) is 9.47 Å². The molecule has 0 aliphatic rings. The first kappa shape index (κ1) is 19.2. The van der Waals surface area contributed by atoms with E-state index in [4.69, 9.17) is 0 Å². The lowest BCUT2D eigenvalue weighted by Gasteiger charge is -2.16. The smallest absolute Gasteiger partial charge is 0.270 e. The van der Waals surface area contributed by atoms with E-state index in [2.05, 4.69) is 20.2 Å². The number of benzene rings is 2. The number of nitrogens with one attached hydrogen (secondary N) is 2. The Morgan fingerprint density at radius 1 is 1.04 bits per heavy atom. The van der Waals surface area contributed by atoms with E-state index in [0.29, 0.717) is 12.0 Å². The Hall–Kier alpha value is -2.62. The van der Waals surface area contributed by atoms with Crippen LogP contribution in [0.25, 0.3) is 0 Å². The van der Waals surface area contributed by atoms with Crippen LogP contribution in [0.2, 0.25) is 0 Å².